The number of hydrogen-bond acceptors (Lipinski definition) is 3. The van der Waals surface area contributed by atoms with Crippen molar-refractivity contribution in [3.8, 4) is 0 Å². The second kappa shape index (κ2) is 8.69. The van der Waals surface area contributed by atoms with E-state index >= 15 is 0 Å². The molecular formula is C18H26N2O2. The molecule has 4 nitrogen and oxygen atoms in total. The quantitative estimate of drug-likeness (QED) is 0.788. The maximum atomic E-state index is 12.7. The molecule has 2 rings (SSSR count). The van der Waals surface area contributed by atoms with Crippen molar-refractivity contribution < 1.29 is 9.59 Å². The highest BCUT2D eigenvalue weighted by Gasteiger charge is 2.25. The maximum Gasteiger partial charge on any atom is 0.220 e. The summed E-state index contributed by atoms with van der Waals surface area (Å²) >= 11 is 0. The Bertz CT molecular complexity index is 481. The third-order valence-corrected chi connectivity index (χ3v) is 4.08. The monoisotopic (exact) mass is 302 g/mol. The van der Waals surface area contributed by atoms with Crippen LogP contribution in [0.15, 0.2) is 30.3 Å². The minimum absolute atomic E-state index is 0.00984. The molecule has 0 aliphatic carbocycles. The van der Waals surface area contributed by atoms with E-state index in [2.05, 4.69) is 10.2 Å². The number of amides is 1. The summed E-state index contributed by atoms with van der Waals surface area (Å²) in [4.78, 5) is 27.0. The summed E-state index contributed by atoms with van der Waals surface area (Å²) in [5.74, 6) is -0.0237. The molecule has 1 saturated heterocycles. The first-order valence-electron chi connectivity index (χ1n) is 8.31. The number of rotatable bonds is 7. The first-order chi connectivity index (χ1) is 10.7. The van der Waals surface area contributed by atoms with Crippen molar-refractivity contribution in [3.05, 3.63) is 35.9 Å². The first kappa shape index (κ1) is 16.7. The maximum absolute atomic E-state index is 12.7. The van der Waals surface area contributed by atoms with Crippen LogP contribution in [-0.4, -0.2) is 42.3 Å². The van der Waals surface area contributed by atoms with Crippen molar-refractivity contribution in [1.29, 1.82) is 0 Å². The fourth-order valence-electron chi connectivity index (χ4n) is 2.89. The number of hydrogen-bond donors (Lipinski definition) is 1. The van der Waals surface area contributed by atoms with E-state index in [1.54, 1.807) is 0 Å². The number of Topliss-reactive ketones (excluding diaryl/α,β-unsaturated/α-hetero) is 1. The van der Waals surface area contributed by atoms with Gasteiger partial charge in [-0.05, 0) is 32.4 Å². The highest BCUT2D eigenvalue weighted by molar-refractivity contribution is 6.02. The zero-order valence-electron chi connectivity index (χ0n) is 13.4. The molecule has 0 aromatic heterocycles. The highest BCUT2D eigenvalue weighted by atomic mass is 16.2. The van der Waals surface area contributed by atoms with Gasteiger partial charge >= 0.3 is 0 Å². The van der Waals surface area contributed by atoms with Crippen LogP contribution in [0.5, 0.6) is 0 Å². The number of nitrogens with zero attached hydrogens (tertiary/aromatic N) is 1. The molecular weight excluding hydrogens is 276 g/mol. The molecule has 1 aliphatic heterocycles. The van der Waals surface area contributed by atoms with E-state index in [4.69, 9.17) is 0 Å². The molecule has 0 spiro atoms. The SMILES string of the molecule is CCCC(=O)NC(CN1CCCCC1)C(=O)c1ccccc1. The molecule has 0 radical (unpaired) electrons. The lowest BCUT2D eigenvalue weighted by atomic mass is 10.0. The minimum Gasteiger partial charge on any atom is -0.345 e. The van der Waals surface area contributed by atoms with Gasteiger partial charge in [0.2, 0.25) is 5.91 Å². The van der Waals surface area contributed by atoms with Crippen LogP contribution in [0.2, 0.25) is 0 Å². The van der Waals surface area contributed by atoms with Gasteiger partial charge in [0, 0.05) is 18.5 Å². The van der Waals surface area contributed by atoms with E-state index < -0.39 is 6.04 Å². The summed E-state index contributed by atoms with van der Waals surface area (Å²) in [6.07, 6.45) is 4.88. The van der Waals surface area contributed by atoms with Gasteiger partial charge in [-0.2, -0.15) is 0 Å². The van der Waals surface area contributed by atoms with Crippen LogP contribution in [0, 0.1) is 0 Å². The van der Waals surface area contributed by atoms with Gasteiger partial charge in [-0.15, -0.1) is 0 Å². The summed E-state index contributed by atoms with van der Waals surface area (Å²) < 4.78 is 0. The van der Waals surface area contributed by atoms with Crippen LogP contribution >= 0.6 is 0 Å². The molecule has 1 aromatic carbocycles. The van der Waals surface area contributed by atoms with Gasteiger partial charge in [0.25, 0.3) is 0 Å². The van der Waals surface area contributed by atoms with Crippen molar-refractivity contribution >= 4 is 11.7 Å². The average Bonchev–Trinajstić information content (AvgIpc) is 2.55. The van der Waals surface area contributed by atoms with E-state index in [0.29, 0.717) is 18.5 Å². The largest absolute Gasteiger partial charge is 0.345 e. The van der Waals surface area contributed by atoms with Gasteiger partial charge < -0.3 is 10.2 Å². The molecule has 22 heavy (non-hydrogen) atoms. The Labute approximate surface area is 132 Å². The van der Waals surface area contributed by atoms with Crippen molar-refractivity contribution in [2.75, 3.05) is 19.6 Å². The fourth-order valence-corrected chi connectivity index (χ4v) is 2.89. The fraction of sp³-hybridized carbons (Fsp3) is 0.556. The summed E-state index contributed by atoms with van der Waals surface area (Å²) in [5, 5.41) is 2.93. The molecule has 1 aliphatic rings. The Balaban J connectivity index is 2.06. The second-order valence-electron chi connectivity index (χ2n) is 5.96. The first-order valence-corrected chi connectivity index (χ1v) is 8.31. The Hall–Kier alpha value is -1.68. The number of nitrogens with one attached hydrogen (secondary N) is 1. The highest BCUT2D eigenvalue weighted by Crippen LogP contribution is 2.11. The smallest absolute Gasteiger partial charge is 0.220 e. The Kier molecular flexibility index (Phi) is 6.59. The van der Waals surface area contributed by atoms with Gasteiger partial charge in [0.15, 0.2) is 5.78 Å². The van der Waals surface area contributed by atoms with Gasteiger partial charge in [0.05, 0.1) is 0 Å². The molecule has 1 atom stereocenters. The lowest BCUT2D eigenvalue weighted by Crippen LogP contribution is -2.49. The summed E-state index contributed by atoms with van der Waals surface area (Å²) in [5.41, 5.74) is 0.668. The van der Waals surface area contributed by atoms with Crippen molar-refractivity contribution in [2.24, 2.45) is 0 Å². The van der Waals surface area contributed by atoms with Gasteiger partial charge in [-0.25, -0.2) is 0 Å². The molecule has 1 N–H and O–H groups in total. The zero-order valence-corrected chi connectivity index (χ0v) is 13.4. The van der Waals surface area contributed by atoms with E-state index in [0.717, 1.165) is 19.5 Å². The van der Waals surface area contributed by atoms with Crippen LogP contribution in [0.4, 0.5) is 0 Å². The summed E-state index contributed by atoms with van der Waals surface area (Å²) in [7, 11) is 0. The van der Waals surface area contributed by atoms with E-state index in [9.17, 15) is 9.59 Å². The molecule has 1 unspecified atom stereocenters. The average molecular weight is 302 g/mol. The van der Waals surface area contributed by atoms with Crippen LogP contribution in [-0.2, 0) is 4.79 Å². The molecule has 1 amide bonds. The third-order valence-electron chi connectivity index (χ3n) is 4.08. The van der Waals surface area contributed by atoms with E-state index in [1.165, 1.54) is 19.3 Å². The van der Waals surface area contributed by atoms with Crippen molar-refractivity contribution in [3.63, 3.8) is 0 Å². The summed E-state index contributed by atoms with van der Waals surface area (Å²) in [6.45, 7) is 4.62. The standard InChI is InChI=1S/C18H26N2O2/c1-2-9-17(21)19-16(14-20-12-7-4-8-13-20)18(22)15-10-5-3-6-11-15/h3,5-6,10-11,16H,2,4,7-9,12-14H2,1H3,(H,19,21). The summed E-state index contributed by atoms with van der Waals surface area (Å²) in [6, 6.07) is 8.80. The normalized spacial score (nSPS) is 17.0. The number of carbonyl (C=O) groups excluding carboxylic acids is 2. The van der Waals surface area contributed by atoms with Crippen LogP contribution < -0.4 is 5.32 Å². The Morgan fingerprint density at radius 3 is 2.45 bits per heavy atom. The van der Waals surface area contributed by atoms with Gasteiger partial charge in [-0.3, -0.25) is 9.59 Å². The number of ketones is 1. The molecule has 1 fully saturated rings. The lowest BCUT2D eigenvalue weighted by molar-refractivity contribution is -0.121. The number of likely N-dealkylation sites (tertiary alicyclic amines) is 1. The van der Waals surface area contributed by atoms with Gasteiger partial charge in [-0.1, -0.05) is 43.7 Å². The molecule has 0 bridgehead atoms. The van der Waals surface area contributed by atoms with E-state index in [-0.39, 0.29) is 11.7 Å². The van der Waals surface area contributed by atoms with Crippen LogP contribution in [0.1, 0.15) is 49.4 Å². The predicted octanol–water partition coefficient (Wildman–Crippen LogP) is 2.64. The Morgan fingerprint density at radius 2 is 1.82 bits per heavy atom. The third kappa shape index (κ3) is 4.95. The Morgan fingerprint density at radius 1 is 1.14 bits per heavy atom. The topological polar surface area (TPSA) is 49.4 Å². The molecule has 1 heterocycles. The predicted molar refractivity (Wildman–Crippen MR) is 87.9 cm³/mol. The van der Waals surface area contributed by atoms with E-state index in [1.807, 2.05) is 37.3 Å². The minimum atomic E-state index is -0.445. The van der Waals surface area contributed by atoms with Crippen molar-refractivity contribution in [1.82, 2.24) is 10.2 Å². The molecule has 4 heteroatoms. The van der Waals surface area contributed by atoms with Crippen LogP contribution in [0.3, 0.4) is 0 Å². The van der Waals surface area contributed by atoms with Gasteiger partial charge in [0.1, 0.15) is 6.04 Å². The van der Waals surface area contributed by atoms with Crippen LogP contribution in [0.25, 0.3) is 0 Å². The number of benzene rings is 1. The van der Waals surface area contributed by atoms with Crippen molar-refractivity contribution in [2.45, 2.75) is 45.1 Å². The molecule has 1 aromatic rings. The number of piperidine rings is 1. The lowest BCUT2D eigenvalue weighted by Gasteiger charge is -2.30. The molecule has 120 valence electrons. The molecule has 0 saturated carbocycles. The number of carbonyl (C=O) groups is 2. The second-order valence-corrected chi connectivity index (χ2v) is 5.96. The zero-order chi connectivity index (χ0) is 15.8.